The molecule has 1 aliphatic heterocycles. The monoisotopic (exact) mass is 443 g/mol. The number of hydrogen-bond acceptors (Lipinski definition) is 4. The second-order valence-corrected chi connectivity index (χ2v) is 9.57. The Morgan fingerprint density at radius 2 is 1.94 bits per heavy atom. The number of fused-ring (bicyclic) bond motifs is 4. The first kappa shape index (κ1) is 22.8. The molecule has 5 nitrogen and oxygen atoms in total. The molecule has 2 bridgehead atoms. The maximum atomic E-state index is 13.9. The minimum atomic E-state index is -0.594. The minimum Gasteiger partial charge on any atom is -0.372 e. The summed E-state index contributed by atoms with van der Waals surface area (Å²) in [6.07, 6.45) is 2.00. The van der Waals surface area contributed by atoms with E-state index in [2.05, 4.69) is 30.1 Å². The number of piperidine rings is 1. The normalized spacial score (nSPS) is 25.1. The maximum absolute atomic E-state index is 13.9. The van der Waals surface area contributed by atoms with Gasteiger partial charge in [-0.2, -0.15) is 0 Å². The van der Waals surface area contributed by atoms with E-state index in [4.69, 9.17) is 10.5 Å². The van der Waals surface area contributed by atoms with E-state index >= 15 is 0 Å². The summed E-state index contributed by atoms with van der Waals surface area (Å²) in [5.74, 6) is -1.19. The molecule has 3 N–H and O–H groups in total. The van der Waals surface area contributed by atoms with Gasteiger partial charge in [0.15, 0.2) is 0 Å². The number of hydrogen-bond donors (Lipinski definition) is 2. The first-order valence-electron chi connectivity index (χ1n) is 11.1. The highest BCUT2D eigenvalue weighted by molar-refractivity contribution is 5.75. The molecule has 4 rings (SSSR count). The molecule has 7 heteroatoms. The molecule has 3 atom stereocenters. The highest BCUT2D eigenvalue weighted by Crippen LogP contribution is 2.54. The smallest absolute Gasteiger partial charge is 0.211 e. The molecule has 0 radical (unpaired) electrons. The Morgan fingerprint density at radius 3 is 2.62 bits per heavy atom. The number of nitrogens with two attached hydrogens (primary N) is 1. The van der Waals surface area contributed by atoms with Crippen molar-refractivity contribution in [3.8, 4) is 0 Å². The SMILES string of the molecule is C[C@@H](CN1CC[C@]2(N)c3cccc(NC=O)c3C[C@@H]1C2(C)C)OCc1c(F)cccc1F. The molecule has 2 aliphatic rings. The van der Waals surface area contributed by atoms with Gasteiger partial charge < -0.3 is 15.8 Å². The van der Waals surface area contributed by atoms with Gasteiger partial charge in [-0.3, -0.25) is 9.69 Å². The van der Waals surface area contributed by atoms with Crippen molar-refractivity contribution in [3.05, 3.63) is 64.7 Å². The first-order valence-corrected chi connectivity index (χ1v) is 11.1. The lowest BCUT2D eigenvalue weighted by Crippen LogP contribution is -2.68. The molecule has 0 aromatic heterocycles. The van der Waals surface area contributed by atoms with E-state index in [1.807, 2.05) is 19.1 Å². The van der Waals surface area contributed by atoms with E-state index in [0.717, 1.165) is 36.2 Å². The molecule has 2 aromatic rings. The Hall–Kier alpha value is -2.35. The van der Waals surface area contributed by atoms with Crippen LogP contribution < -0.4 is 11.1 Å². The third kappa shape index (κ3) is 3.72. The van der Waals surface area contributed by atoms with Crippen LogP contribution in [0.3, 0.4) is 0 Å². The molecular weight excluding hydrogens is 412 g/mol. The molecule has 1 amide bonds. The van der Waals surface area contributed by atoms with Crippen LogP contribution in [0, 0.1) is 17.0 Å². The van der Waals surface area contributed by atoms with Crippen LogP contribution in [0.1, 0.15) is 43.9 Å². The summed E-state index contributed by atoms with van der Waals surface area (Å²) >= 11 is 0. The number of anilines is 1. The molecule has 172 valence electrons. The number of benzene rings is 2. The van der Waals surface area contributed by atoms with Crippen molar-refractivity contribution in [2.24, 2.45) is 11.1 Å². The molecule has 0 unspecified atom stereocenters. The Morgan fingerprint density at radius 1 is 1.25 bits per heavy atom. The lowest BCUT2D eigenvalue weighted by atomic mass is 9.55. The predicted octanol–water partition coefficient (Wildman–Crippen LogP) is 3.95. The number of carbonyl (C=O) groups is 1. The second-order valence-electron chi connectivity index (χ2n) is 9.57. The molecule has 1 saturated heterocycles. The second kappa shape index (κ2) is 8.54. The molecular formula is C25H31F2N3O2. The van der Waals surface area contributed by atoms with Gasteiger partial charge in [-0.05, 0) is 49.1 Å². The summed E-state index contributed by atoms with van der Waals surface area (Å²) in [6.45, 7) is 7.64. The molecule has 32 heavy (non-hydrogen) atoms. The number of ether oxygens (including phenoxy) is 1. The van der Waals surface area contributed by atoms with Gasteiger partial charge >= 0.3 is 0 Å². The van der Waals surface area contributed by atoms with E-state index in [0.29, 0.717) is 13.0 Å². The number of halogens is 2. The lowest BCUT2D eigenvalue weighted by molar-refractivity contribution is -0.105. The van der Waals surface area contributed by atoms with Crippen LogP contribution in [0.5, 0.6) is 0 Å². The fourth-order valence-electron chi connectivity index (χ4n) is 5.53. The van der Waals surface area contributed by atoms with Gasteiger partial charge in [0, 0.05) is 41.3 Å². The van der Waals surface area contributed by atoms with Crippen molar-refractivity contribution < 1.29 is 18.3 Å². The van der Waals surface area contributed by atoms with Crippen molar-refractivity contribution in [2.75, 3.05) is 18.4 Å². The summed E-state index contributed by atoms with van der Waals surface area (Å²) in [5, 5.41) is 2.82. The van der Waals surface area contributed by atoms with E-state index in [-0.39, 0.29) is 29.7 Å². The van der Waals surface area contributed by atoms with Crippen molar-refractivity contribution in [1.82, 2.24) is 4.90 Å². The van der Waals surface area contributed by atoms with Crippen molar-refractivity contribution in [1.29, 1.82) is 0 Å². The molecule has 0 saturated carbocycles. The Balaban J connectivity index is 1.54. The zero-order valence-electron chi connectivity index (χ0n) is 18.8. The van der Waals surface area contributed by atoms with Crippen LogP contribution >= 0.6 is 0 Å². The average Bonchev–Trinajstić information content (AvgIpc) is 2.73. The number of nitrogens with zero attached hydrogens (tertiary/aromatic N) is 1. The van der Waals surface area contributed by atoms with Crippen LogP contribution in [-0.2, 0) is 28.1 Å². The number of rotatable bonds is 7. The molecule has 1 fully saturated rings. The minimum absolute atomic E-state index is 0.0459. The van der Waals surface area contributed by atoms with Gasteiger partial charge in [0.1, 0.15) is 11.6 Å². The molecule has 2 aromatic carbocycles. The predicted molar refractivity (Wildman–Crippen MR) is 120 cm³/mol. The zero-order chi connectivity index (χ0) is 23.1. The highest BCUT2D eigenvalue weighted by Gasteiger charge is 2.56. The van der Waals surface area contributed by atoms with Crippen molar-refractivity contribution >= 4 is 12.1 Å². The molecule has 0 spiro atoms. The Kier molecular flexibility index (Phi) is 6.09. The van der Waals surface area contributed by atoms with Gasteiger partial charge in [-0.15, -0.1) is 0 Å². The fraction of sp³-hybridized carbons (Fsp3) is 0.480. The topological polar surface area (TPSA) is 67.6 Å². The van der Waals surface area contributed by atoms with Crippen LogP contribution in [0.4, 0.5) is 14.5 Å². The highest BCUT2D eigenvalue weighted by atomic mass is 19.1. The van der Waals surface area contributed by atoms with Crippen LogP contribution in [0.15, 0.2) is 36.4 Å². The summed E-state index contributed by atoms with van der Waals surface area (Å²) < 4.78 is 33.7. The fourth-order valence-corrected chi connectivity index (χ4v) is 5.53. The number of likely N-dealkylation sites (tertiary alicyclic amines) is 1. The summed E-state index contributed by atoms with van der Waals surface area (Å²) in [5.41, 5.74) is 9.27. The van der Waals surface area contributed by atoms with Gasteiger partial charge in [0.2, 0.25) is 6.41 Å². The lowest BCUT2D eigenvalue weighted by Gasteiger charge is -2.61. The zero-order valence-corrected chi connectivity index (χ0v) is 18.8. The number of amides is 1. The summed E-state index contributed by atoms with van der Waals surface area (Å²) in [6, 6.07) is 9.90. The summed E-state index contributed by atoms with van der Waals surface area (Å²) in [4.78, 5) is 13.5. The average molecular weight is 444 g/mol. The number of nitrogens with one attached hydrogen (secondary N) is 1. The molecule has 1 aliphatic carbocycles. The van der Waals surface area contributed by atoms with Gasteiger partial charge in [-0.25, -0.2) is 8.78 Å². The van der Waals surface area contributed by atoms with E-state index in [1.54, 1.807) is 0 Å². The van der Waals surface area contributed by atoms with E-state index in [1.165, 1.54) is 18.2 Å². The maximum Gasteiger partial charge on any atom is 0.211 e. The summed E-state index contributed by atoms with van der Waals surface area (Å²) in [7, 11) is 0. The third-order valence-corrected chi connectivity index (χ3v) is 7.55. The van der Waals surface area contributed by atoms with Crippen LogP contribution in [0.25, 0.3) is 0 Å². The Bertz CT molecular complexity index is 992. The van der Waals surface area contributed by atoms with Gasteiger partial charge in [0.05, 0.1) is 12.7 Å². The van der Waals surface area contributed by atoms with Crippen molar-refractivity contribution in [3.63, 3.8) is 0 Å². The van der Waals surface area contributed by atoms with Gasteiger partial charge in [-0.1, -0.05) is 32.0 Å². The van der Waals surface area contributed by atoms with Crippen molar-refractivity contribution in [2.45, 2.75) is 57.9 Å². The molecule has 1 heterocycles. The third-order valence-electron chi connectivity index (χ3n) is 7.55. The number of carbonyl (C=O) groups excluding carboxylic acids is 1. The quantitative estimate of drug-likeness (QED) is 0.636. The van der Waals surface area contributed by atoms with Gasteiger partial charge in [0.25, 0.3) is 0 Å². The van der Waals surface area contributed by atoms with E-state index in [9.17, 15) is 13.6 Å². The standard InChI is InChI=1S/C25H31F2N3O2/c1-16(32-14-18-20(26)7-5-8-21(18)27)13-30-11-10-25(28)19-6-4-9-22(29-15-31)17(19)12-23(30)24(25,2)3/h4-9,15-16,23H,10-14,28H2,1-3H3,(H,29,31)/t16-,23+,25-/m0/s1. The van der Waals surface area contributed by atoms with Crippen LogP contribution in [0.2, 0.25) is 0 Å². The largest absolute Gasteiger partial charge is 0.372 e. The Labute approximate surface area is 187 Å². The van der Waals surface area contributed by atoms with Crippen LogP contribution in [-0.4, -0.2) is 36.5 Å². The first-order chi connectivity index (χ1) is 15.2. The van der Waals surface area contributed by atoms with E-state index < -0.39 is 17.2 Å².